The molecule has 3 aromatic rings. The van der Waals surface area contributed by atoms with Crippen molar-refractivity contribution >= 4 is 11.8 Å². The van der Waals surface area contributed by atoms with Crippen LogP contribution in [0.2, 0.25) is 0 Å². The average Bonchev–Trinajstić information content (AvgIpc) is 3.01. The van der Waals surface area contributed by atoms with E-state index in [2.05, 4.69) is 0 Å². The van der Waals surface area contributed by atoms with E-state index in [4.69, 9.17) is 0 Å². The molecule has 3 aliphatic carbocycles. The minimum atomic E-state index is -1.48. The van der Waals surface area contributed by atoms with Crippen molar-refractivity contribution in [2.75, 3.05) is 0 Å². The van der Waals surface area contributed by atoms with Crippen molar-refractivity contribution in [1.82, 2.24) is 4.90 Å². The maximum Gasteiger partial charge on any atom is 0.237 e. The molecule has 1 fully saturated rings. The normalized spacial score (nSPS) is 28.9. The molecule has 142 valence electrons. The first kappa shape index (κ1) is 16.7. The summed E-state index contributed by atoms with van der Waals surface area (Å²) in [7, 11) is 0. The predicted molar refractivity (Wildman–Crippen MR) is 107 cm³/mol. The van der Waals surface area contributed by atoms with Crippen LogP contribution in [0.3, 0.4) is 0 Å². The molecule has 0 aromatic heterocycles. The zero-order valence-electron chi connectivity index (χ0n) is 15.7. The molecule has 0 unspecified atom stereocenters. The van der Waals surface area contributed by atoms with Crippen molar-refractivity contribution < 1.29 is 14.7 Å². The van der Waals surface area contributed by atoms with Gasteiger partial charge >= 0.3 is 0 Å². The van der Waals surface area contributed by atoms with Gasteiger partial charge in [-0.25, -0.2) is 0 Å². The summed E-state index contributed by atoms with van der Waals surface area (Å²) >= 11 is 0. The van der Waals surface area contributed by atoms with Gasteiger partial charge in [-0.3, -0.25) is 14.5 Å². The molecule has 4 nitrogen and oxygen atoms in total. The minimum Gasteiger partial charge on any atom is -0.379 e. The number of benzene rings is 3. The third kappa shape index (κ3) is 1.97. The maximum absolute atomic E-state index is 13.5. The fraction of sp³-hybridized carbons (Fsp3) is 0.200. The van der Waals surface area contributed by atoms with E-state index in [0.29, 0.717) is 0 Å². The summed E-state index contributed by atoms with van der Waals surface area (Å²) in [5.41, 5.74) is 2.85. The first-order valence-electron chi connectivity index (χ1n) is 9.92. The average molecular weight is 381 g/mol. The number of nitrogens with zero attached hydrogens (tertiary/aromatic N) is 1. The number of rotatable bonds is 2. The van der Waals surface area contributed by atoms with Crippen LogP contribution in [0.25, 0.3) is 0 Å². The van der Waals surface area contributed by atoms with Crippen LogP contribution in [-0.2, 0) is 21.7 Å². The molecule has 4 aliphatic rings. The molecule has 1 aliphatic heterocycles. The first-order valence-corrected chi connectivity index (χ1v) is 9.92. The maximum atomic E-state index is 13.5. The van der Waals surface area contributed by atoms with E-state index in [9.17, 15) is 14.7 Å². The monoisotopic (exact) mass is 381 g/mol. The van der Waals surface area contributed by atoms with Crippen LogP contribution in [0.4, 0.5) is 0 Å². The van der Waals surface area contributed by atoms with E-state index in [1.165, 1.54) is 4.90 Å². The topological polar surface area (TPSA) is 57.6 Å². The van der Waals surface area contributed by atoms with Gasteiger partial charge in [0.05, 0.1) is 18.4 Å². The SMILES string of the molecule is O=C1[C@H]2C3c4ccccc4C(O)(c4ccccc43)[C@H]2C(=O)N1Cc1ccccc1. The van der Waals surface area contributed by atoms with Crippen molar-refractivity contribution in [2.24, 2.45) is 11.8 Å². The third-order valence-electron chi connectivity index (χ3n) is 6.85. The number of amides is 2. The fourth-order valence-electron chi connectivity index (χ4n) is 5.71. The number of hydrogen-bond donors (Lipinski definition) is 1. The Morgan fingerprint density at radius 2 is 1.31 bits per heavy atom. The summed E-state index contributed by atoms with van der Waals surface area (Å²) in [6.45, 7) is 0.237. The van der Waals surface area contributed by atoms with Gasteiger partial charge in [-0.05, 0) is 27.8 Å². The smallest absolute Gasteiger partial charge is 0.237 e. The Balaban J connectivity index is 1.55. The Bertz CT molecular complexity index is 1120. The molecule has 2 amide bonds. The van der Waals surface area contributed by atoms with Crippen molar-refractivity contribution in [3.8, 4) is 0 Å². The molecule has 0 radical (unpaired) electrons. The molecule has 1 saturated heterocycles. The highest BCUT2D eigenvalue weighted by Crippen LogP contribution is 2.62. The molecule has 0 saturated carbocycles. The number of hydrogen-bond acceptors (Lipinski definition) is 3. The zero-order valence-corrected chi connectivity index (χ0v) is 15.7. The van der Waals surface area contributed by atoms with E-state index in [1.807, 2.05) is 78.9 Å². The molecule has 29 heavy (non-hydrogen) atoms. The van der Waals surface area contributed by atoms with Crippen LogP contribution in [0.1, 0.15) is 33.7 Å². The highest BCUT2D eigenvalue weighted by molar-refractivity contribution is 6.08. The lowest BCUT2D eigenvalue weighted by Crippen LogP contribution is -2.53. The number of likely N-dealkylation sites (tertiary alicyclic amines) is 1. The molecule has 1 N–H and O–H groups in total. The van der Waals surface area contributed by atoms with Gasteiger partial charge in [-0.2, -0.15) is 0 Å². The highest BCUT2D eigenvalue weighted by atomic mass is 16.3. The highest BCUT2D eigenvalue weighted by Gasteiger charge is 2.67. The van der Waals surface area contributed by atoms with Gasteiger partial charge in [0.15, 0.2) is 0 Å². The molecule has 2 bridgehead atoms. The molecule has 4 heteroatoms. The van der Waals surface area contributed by atoms with Gasteiger partial charge < -0.3 is 5.11 Å². The Morgan fingerprint density at radius 1 is 0.759 bits per heavy atom. The van der Waals surface area contributed by atoms with Crippen LogP contribution in [0.15, 0.2) is 78.9 Å². The van der Waals surface area contributed by atoms with Gasteiger partial charge in [0.1, 0.15) is 5.60 Å². The van der Waals surface area contributed by atoms with Gasteiger partial charge in [-0.15, -0.1) is 0 Å². The van der Waals surface area contributed by atoms with E-state index in [0.717, 1.165) is 27.8 Å². The largest absolute Gasteiger partial charge is 0.379 e. The van der Waals surface area contributed by atoms with Crippen LogP contribution in [0, 0.1) is 11.8 Å². The number of aliphatic hydroxyl groups is 1. The molecular weight excluding hydrogens is 362 g/mol. The molecule has 3 aromatic carbocycles. The number of carbonyl (C=O) groups is 2. The van der Waals surface area contributed by atoms with Gasteiger partial charge in [0.25, 0.3) is 0 Å². The third-order valence-corrected chi connectivity index (χ3v) is 6.85. The summed E-state index contributed by atoms with van der Waals surface area (Å²) in [4.78, 5) is 28.4. The van der Waals surface area contributed by atoms with Gasteiger partial charge in [-0.1, -0.05) is 78.9 Å². The van der Waals surface area contributed by atoms with Crippen LogP contribution in [0.5, 0.6) is 0 Å². The Kier molecular flexibility index (Phi) is 3.25. The summed E-state index contributed by atoms with van der Waals surface area (Å²) < 4.78 is 0. The molecular formula is C25H19NO3. The van der Waals surface area contributed by atoms with Crippen LogP contribution in [-0.4, -0.2) is 21.8 Å². The molecule has 1 heterocycles. The van der Waals surface area contributed by atoms with E-state index < -0.39 is 17.4 Å². The summed E-state index contributed by atoms with van der Waals surface area (Å²) in [6.07, 6.45) is 0. The quantitative estimate of drug-likeness (QED) is 0.694. The van der Waals surface area contributed by atoms with E-state index in [-0.39, 0.29) is 24.3 Å². The zero-order chi connectivity index (χ0) is 19.8. The second-order valence-electron chi connectivity index (χ2n) is 8.17. The number of imide groups is 1. The lowest BCUT2D eigenvalue weighted by Gasteiger charge is -2.51. The lowest BCUT2D eigenvalue weighted by molar-refractivity contribution is -0.142. The van der Waals surface area contributed by atoms with Crippen molar-refractivity contribution in [3.05, 3.63) is 107 Å². The summed E-state index contributed by atoms with van der Waals surface area (Å²) in [5, 5.41) is 12.1. The summed E-state index contributed by atoms with van der Waals surface area (Å²) in [6, 6.07) is 24.9. The van der Waals surface area contributed by atoms with Crippen molar-refractivity contribution in [2.45, 2.75) is 18.1 Å². The van der Waals surface area contributed by atoms with E-state index >= 15 is 0 Å². The Labute approximate surface area is 168 Å². The van der Waals surface area contributed by atoms with E-state index in [1.54, 1.807) is 0 Å². The molecule has 2 atom stereocenters. The van der Waals surface area contributed by atoms with Crippen molar-refractivity contribution in [1.29, 1.82) is 0 Å². The minimum absolute atomic E-state index is 0.184. The predicted octanol–water partition coefficient (Wildman–Crippen LogP) is 3.18. The second kappa shape index (κ2) is 5.65. The van der Waals surface area contributed by atoms with Gasteiger partial charge in [0.2, 0.25) is 11.8 Å². The molecule has 0 spiro atoms. The second-order valence-corrected chi connectivity index (χ2v) is 8.17. The first-order chi connectivity index (χ1) is 14.1. The Morgan fingerprint density at radius 3 is 1.93 bits per heavy atom. The number of carbonyl (C=O) groups excluding carboxylic acids is 2. The Hall–Kier alpha value is -3.24. The lowest BCUT2D eigenvalue weighted by atomic mass is 9.52. The fourth-order valence-corrected chi connectivity index (χ4v) is 5.71. The summed E-state index contributed by atoms with van der Waals surface area (Å²) in [5.74, 6) is -2.02. The van der Waals surface area contributed by atoms with Crippen molar-refractivity contribution in [3.63, 3.8) is 0 Å². The molecule has 7 rings (SSSR count). The van der Waals surface area contributed by atoms with Crippen LogP contribution >= 0.6 is 0 Å². The standard InChI is InChI=1S/C25H19NO3/c27-23-21-20-16-10-4-6-12-18(16)25(29,19-13-7-5-11-17(19)20)22(21)24(28)26(23)14-15-8-2-1-3-9-15/h1-13,20-22,29H,14H2/t20?,21-,22+,25?/m0/s1. The van der Waals surface area contributed by atoms with Gasteiger partial charge in [0, 0.05) is 5.92 Å². The van der Waals surface area contributed by atoms with Crippen LogP contribution < -0.4 is 0 Å².